The first-order valence-corrected chi connectivity index (χ1v) is 11.4. The lowest BCUT2D eigenvalue weighted by atomic mass is 9.79. The summed E-state index contributed by atoms with van der Waals surface area (Å²) >= 11 is 0. The average Bonchev–Trinajstić information content (AvgIpc) is 2.96. The zero-order valence-corrected chi connectivity index (χ0v) is 17.5. The quantitative estimate of drug-likeness (QED) is 0.785. The minimum Gasteiger partial charge on any atom is -0.350 e. The molecule has 3 heteroatoms. The van der Waals surface area contributed by atoms with Crippen molar-refractivity contribution >= 4 is 5.91 Å². The molecule has 0 saturated heterocycles. The van der Waals surface area contributed by atoms with Crippen LogP contribution < -0.4 is 5.32 Å². The summed E-state index contributed by atoms with van der Waals surface area (Å²) < 4.78 is 0. The number of nitrogens with zero attached hydrogens (tertiary/aromatic N) is 1. The van der Waals surface area contributed by atoms with E-state index in [4.69, 9.17) is 0 Å². The molecule has 1 amide bonds. The molecule has 3 nitrogen and oxygen atoms in total. The molecule has 0 spiro atoms. The lowest BCUT2D eigenvalue weighted by Gasteiger charge is -2.39. The van der Waals surface area contributed by atoms with Crippen molar-refractivity contribution in [2.75, 3.05) is 19.6 Å². The molecular formula is C26H34N2O. The Labute approximate surface area is 175 Å². The van der Waals surface area contributed by atoms with Gasteiger partial charge in [-0.2, -0.15) is 0 Å². The maximum atomic E-state index is 12.8. The first-order valence-electron chi connectivity index (χ1n) is 11.4. The predicted octanol–water partition coefficient (Wildman–Crippen LogP) is 4.54. The number of carbonyl (C=O) groups excluding carboxylic acids is 1. The van der Waals surface area contributed by atoms with E-state index in [0.29, 0.717) is 6.42 Å². The van der Waals surface area contributed by atoms with Crippen LogP contribution in [0.2, 0.25) is 0 Å². The number of rotatable bonds is 6. The van der Waals surface area contributed by atoms with Gasteiger partial charge in [-0.1, -0.05) is 73.9 Å². The summed E-state index contributed by atoms with van der Waals surface area (Å²) in [5.74, 6) is 0.182. The van der Waals surface area contributed by atoms with Gasteiger partial charge in [-0.15, -0.1) is 0 Å². The Balaban J connectivity index is 1.35. The molecule has 2 aromatic carbocycles. The molecule has 1 fully saturated rings. The molecule has 2 aromatic rings. The molecule has 1 N–H and O–H groups in total. The highest BCUT2D eigenvalue weighted by Gasteiger charge is 2.33. The van der Waals surface area contributed by atoms with Crippen molar-refractivity contribution in [1.82, 2.24) is 10.2 Å². The van der Waals surface area contributed by atoms with E-state index in [1.165, 1.54) is 30.4 Å². The van der Waals surface area contributed by atoms with Crippen LogP contribution in [0.4, 0.5) is 0 Å². The minimum atomic E-state index is -0.0106. The molecule has 4 rings (SSSR count). The lowest BCUT2D eigenvalue weighted by molar-refractivity contribution is -0.123. The van der Waals surface area contributed by atoms with E-state index in [1.807, 2.05) is 30.3 Å². The summed E-state index contributed by atoms with van der Waals surface area (Å²) in [6.45, 7) is 3.34. The van der Waals surface area contributed by atoms with Gasteiger partial charge in [0.15, 0.2) is 0 Å². The van der Waals surface area contributed by atoms with Crippen LogP contribution in [0.1, 0.15) is 55.2 Å². The van der Waals surface area contributed by atoms with Crippen molar-refractivity contribution in [3.8, 4) is 0 Å². The second kappa shape index (κ2) is 9.58. The molecule has 0 unspecified atom stereocenters. The van der Waals surface area contributed by atoms with E-state index in [1.54, 1.807) is 0 Å². The number of carbonyl (C=O) groups is 1. The monoisotopic (exact) mass is 390 g/mol. The van der Waals surface area contributed by atoms with Gasteiger partial charge in [0.05, 0.1) is 6.42 Å². The van der Waals surface area contributed by atoms with Crippen molar-refractivity contribution in [2.24, 2.45) is 0 Å². The highest BCUT2D eigenvalue weighted by Crippen LogP contribution is 2.32. The number of amides is 1. The lowest BCUT2D eigenvalue weighted by Crippen LogP contribution is -2.52. The van der Waals surface area contributed by atoms with Crippen LogP contribution in [0.3, 0.4) is 0 Å². The fourth-order valence-electron chi connectivity index (χ4n) is 5.10. The Morgan fingerprint density at radius 1 is 0.862 bits per heavy atom. The molecule has 0 aromatic heterocycles. The van der Waals surface area contributed by atoms with Crippen molar-refractivity contribution in [1.29, 1.82) is 0 Å². The van der Waals surface area contributed by atoms with Crippen LogP contribution >= 0.6 is 0 Å². The largest absolute Gasteiger partial charge is 0.350 e. The first kappa shape index (κ1) is 20.2. The summed E-state index contributed by atoms with van der Waals surface area (Å²) in [5.41, 5.74) is 4.11. The van der Waals surface area contributed by atoms with E-state index in [9.17, 15) is 4.79 Å². The second-order valence-corrected chi connectivity index (χ2v) is 8.91. The van der Waals surface area contributed by atoms with Gasteiger partial charge < -0.3 is 10.2 Å². The van der Waals surface area contributed by atoms with E-state index in [2.05, 4.69) is 34.5 Å². The van der Waals surface area contributed by atoms with Gasteiger partial charge in [0, 0.05) is 25.2 Å². The SMILES string of the molecule is O=C(Cc1ccccc1)NC1(CCN2CCc3ccccc3CC2)CCCCC1. The van der Waals surface area contributed by atoms with Gasteiger partial charge in [0.1, 0.15) is 0 Å². The van der Waals surface area contributed by atoms with Gasteiger partial charge in [-0.25, -0.2) is 0 Å². The van der Waals surface area contributed by atoms with Gasteiger partial charge in [0.25, 0.3) is 0 Å². The van der Waals surface area contributed by atoms with Crippen molar-refractivity contribution in [2.45, 2.75) is 63.3 Å². The van der Waals surface area contributed by atoms with Crippen LogP contribution in [0.5, 0.6) is 0 Å². The Hall–Kier alpha value is -2.13. The molecule has 1 saturated carbocycles. The van der Waals surface area contributed by atoms with Crippen LogP contribution in [-0.2, 0) is 24.1 Å². The standard InChI is InChI=1S/C26H34N2O/c29-25(21-22-9-3-1-4-10-22)27-26(15-7-2-8-16-26)17-20-28-18-13-23-11-5-6-12-24(23)14-19-28/h1,3-6,9-12H,2,7-8,13-21H2,(H,27,29). The normalized spacial score (nSPS) is 19.2. The maximum absolute atomic E-state index is 12.8. The molecule has 0 atom stereocenters. The Morgan fingerprint density at radius 2 is 1.48 bits per heavy atom. The Bertz CT molecular complexity index is 768. The minimum absolute atomic E-state index is 0.0106. The van der Waals surface area contributed by atoms with Gasteiger partial charge in [-0.05, 0) is 48.8 Å². The van der Waals surface area contributed by atoms with E-state index >= 15 is 0 Å². The number of benzene rings is 2. The van der Waals surface area contributed by atoms with E-state index < -0.39 is 0 Å². The summed E-state index contributed by atoms with van der Waals surface area (Å²) in [5, 5.41) is 3.49. The molecule has 29 heavy (non-hydrogen) atoms. The van der Waals surface area contributed by atoms with Crippen molar-refractivity contribution < 1.29 is 4.79 Å². The Morgan fingerprint density at radius 3 is 2.14 bits per heavy atom. The Kier molecular flexibility index (Phi) is 6.66. The van der Waals surface area contributed by atoms with Crippen LogP contribution in [0.25, 0.3) is 0 Å². The van der Waals surface area contributed by atoms with Crippen LogP contribution in [0, 0.1) is 0 Å². The smallest absolute Gasteiger partial charge is 0.224 e. The topological polar surface area (TPSA) is 32.3 Å². The van der Waals surface area contributed by atoms with Crippen LogP contribution in [0.15, 0.2) is 54.6 Å². The average molecular weight is 391 g/mol. The third kappa shape index (κ3) is 5.48. The van der Waals surface area contributed by atoms with E-state index in [-0.39, 0.29) is 11.4 Å². The van der Waals surface area contributed by atoms with Gasteiger partial charge in [-0.3, -0.25) is 4.79 Å². The van der Waals surface area contributed by atoms with Crippen molar-refractivity contribution in [3.05, 3.63) is 71.3 Å². The summed E-state index contributed by atoms with van der Waals surface area (Å²) in [6.07, 6.45) is 9.87. The molecule has 1 aliphatic carbocycles. The number of hydrogen-bond acceptors (Lipinski definition) is 2. The molecule has 0 radical (unpaired) electrons. The molecule has 1 heterocycles. The molecule has 0 bridgehead atoms. The molecule has 2 aliphatic rings. The zero-order valence-electron chi connectivity index (χ0n) is 17.5. The summed E-state index contributed by atoms with van der Waals surface area (Å²) in [4.78, 5) is 15.4. The van der Waals surface area contributed by atoms with Gasteiger partial charge >= 0.3 is 0 Å². The summed E-state index contributed by atoms with van der Waals surface area (Å²) in [7, 11) is 0. The van der Waals surface area contributed by atoms with E-state index in [0.717, 1.165) is 57.3 Å². The molecule has 1 aliphatic heterocycles. The second-order valence-electron chi connectivity index (χ2n) is 8.91. The third-order valence-corrected chi connectivity index (χ3v) is 6.84. The highest BCUT2D eigenvalue weighted by molar-refractivity contribution is 5.79. The molecular weight excluding hydrogens is 356 g/mol. The highest BCUT2D eigenvalue weighted by atomic mass is 16.1. The fourth-order valence-corrected chi connectivity index (χ4v) is 5.10. The number of fused-ring (bicyclic) bond motifs is 1. The maximum Gasteiger partial charge on any atom is 0.224 e. The number of hydrogen-bond donors (Lipinski definition) is 1. The first-order chi connectivity index (χ1) is 14.2. The third-order valence-electron chi connectivity index (χ3n) is 6.84. The predicted molar refractivity (Wildman–Crippen MR) is 119 cm³/mol. The summed E-state index contributed by atoms with van der Waals surface area (Å²) in [6, 6.07) is 19.0. The van der Waals surface area contributed by atoms with Crippen LogP contribution in [-0.4, -0.2) is 36.0 Å². The van der Waals surface area contributed by atoms with Gasteiger partial charge in [0.2, 0.25) is 5.91 Å². The number of nitrogens with one attached hydrogen (secondary N) is 1. The fraction of sp³-hybridized carbons (Fsp3) is 0.500. The zero-order chi connectivity index (χ0) is 19.9. The van der Waals surface area contributed by atoms with Crippen molar-refractivity contribution in [3.63, 3.8) is 0 Å². The molecule has 154 valence electrons.